The Bertz CT molecular complexity index is 993. The van der Waals surface area contributed by atoms with E-state index in [1.54, 1.807) is 6.26 Å². The van der Waals surface area contributed by atoms with Crippen LogP contribution in [0.4, 0.5) is 23.1 Å². The van der Waals surface area contributed by atoms with Crippen molar-refractivity contribution in [1.82, 2.24) is 9.97 Å². The molecule has 0 aliphatic carbocycles. The Hall–Kier alpha value is -3.09. The maximum absolute atomic E-state index is 12.1. The molecular weight excluding hydrogens is 330 g/mol. The van der Waals surface area contributed by atoms with Crippen LogP contribution in [0.3, 0.4) is 0 Å². The minimum absolute atomic E-state index is 0.00627. The Morgan fingerprint density at radius 2 is 2.08 bits per heavy atom. The SMILES string of the molecule is CCCNc1nc(Nc2ccc3c(c2)NC(=O)C3(C)C)nc2ccoc12. The summed E-state index contributed by atoms with van der Waals surface area (Å²) in [5.74, 6) is 1.15. The van der Waals surface area contributed by atoms with Crippen molar-refractivity contribution in [3.05, 3.63) is 36.1 Å². The number of benzene rings is 1. The van der Waals surface area contributed by atoms with Gasteiger partial charge in [0.05, 0.1) is 11.7 Å². The van der Waals surface area contributed by atoms with Crippen LogP contribution in [-0.4, -0.2) is 22.4 Å². The zero-order valence-corrected chi connectivity index (χ0v) is 15.0. The van der Waals surface area contributed by atoms with E-state index in [1.807, 2.05) is 38.1 Å². The van der Waals surface area contributed by atoms with Gasteiger partial charge < -0.3 is 20.4 Å². The quantitative estimate of drug-likeness (QED) is 0.643. The highest BCUT2D eigenvalue weighted by molar-refractivity contribution is 6.06. The molecule has 26 heavy (non-hydrogen) atoms. The molecule has 3 N–H and O–H groups in total. The van der Waals surface area contributed by atoms with Gasteiger partial charge in [0.1, 0.15) is 5.52 Å². The first-order valence-corrected chi connectivity index (χ1v) is 8.71. The summed E-state index contributed by atoms with van der Waals surface area (Å²) in [6, 6.07) is 7.61. The summed E-state index contributed by atoms with van der Waals surface area (Å²) in [5.41, 5.74) is 3.48. The third-order valence-electron chi connectivity index (χ3n) is 4.61. The lowest BCUT2D eigenvalue weighted by molar-refractivity contribution is -0.119. The van der Waals surface area contributed by atoms with Crippen molar-refractivity contribution in [2.45, 2.75) is 32.6 Å². The third-order valence-corrected chi connectivity index (χ3v) is 4.61. The van der Waals surface area contributed by atoms with Crippen molar-refractivity contribution in [2.24, 2.45) is 0 Å². The summed E-state index contributed by atoms with van der Waals surface area (Å²) in [6.07, 6.45) is 2.59. The molecule has 0 spiro atoms. The maximum Gasteiger partial charge on any atom is 0.234 e. The van der Waals surface area contributed by atoms with Crippen molar-refractivity contribution in [1.29, 1.82) is 0 Å². The molecule has 4 rings (SSSR count). The lowest BCUT2D eigenvalue weighted by Crippen LogP contribution is -2.26. The van der Waals surface area contributed by atoms with E-state index in [0.29, 0.717) is 17.3 Å². The number of furan rings is 1. The fraction of sp³-hybridized carbons (Fsp3) is 0.316. The van der Waals surface area contributed by atoms with E-state index >= 15 is 0 Å². The summed E-state index contributed by atoms with van der Waals surface area (Å²) in [5, 5.41) is 9.42. The van der Waals surface area contributed by atoms with E-state index in [2.05, 4.69) is 32.8 Å². The number of nitrogens with zero attached hydrogens (tertiary/aromatic N) is 2. The number of anilines is 4. The van der Waals surface area contributed by atoms with Crippen molar-refractivity contribution in [3.8, 4) is 0 Å². The first kappa shape index (κ1) is 16.4. The number of rotatable bonds is 5. The first-order valence-electron chi connectivity index (χ1n) is 8.71. The third kappa shape index (κ3) is 2.65. The normalized spacial score (nSPS) is 15.0. The molecule has 0 radical (unpaired) electrons. The molecule has 134 valence electrons. The number of nitrogens with one attached hydrogen (secondary N) is 3. The highest BCUT2D eigenvalue weighted by Gasteiger charge is 2.38. The molecule has 0 saturated carbocycles. The van der Waals surface area contributed by atoms with Crippen LogP contribution >= 0.6 is 0 Å². The van der Waals surface area contributed by atoms with Crippen LogP contribution < -0.4 is 16.0 Å². The minimum atomic E-state index is -0.517. The van der Waals surface area contributed by atoms with Gasteiger partial charge in [-0.15, -0.1) is 0 Å². The van der Waals surface area contributed by atoms with Crippen molar-refractivity contribution in [2.75, 3.05) is 22.5 Å². The summed E-state index contributed by atoms with van der Waals surface area (Å²) >= 11 is 0. The molecule has 0 saturated heterocycles. The molecule has 1 aliphatic heterocycles. The molecule has 0 bridgehead atoms. The average molecular weight is 351 g/mol. The van der Waals surface area contributed by atoms with Gasteiger partial charge in [-0.3, -0.25) is 4.79 Å². The van der Waals surface area contributed by atoms with Crippen LogP contribution in [-0.2, 0) is 10.2 Å². The molecule has 0 unspecified atom stereocenters. The highest BCUT2D eigenvalue weighted by atomic mass is 16.3. The topological polar surface area (TPSA) is 92.1 Å². The van der Waals surface area contributed by atoms with Gasteiger partial charge in [-0.05, 0) is 38.0 Å². The zero-order chi connectivity index (χ0) is 18.3. The second-order valence-electron chi connectivity index (χ2n) is 6.92. The fourth-order valence-corrected chi connectivity index (χ4v) is 3.08. The smallest absolute Gasteiger partial charge is 0.234 e. The Morgan fingerprint density at radius 3 is 2.88 bits per heavy atom. The van der Waals surface area contributed by atoms with Gasteiger partial charge in [0, 0.05) is 24.0 Å². The van der Waals surface area contributed by atoms with Gasteiger partial charge in [-0.2, -0.15) is 4.98 Å². The van der Waals surface area contributed by atoms with Gasteiger partial charge in [0.25, 0.3) is 0 Å². The van der Waals surface area contributed by atoms with Crippen molar-refractivity contribution >= 4 is 40.1 Å². The predicted molar refractivity (Wildman–Crippen MR) is 102 cm³/mol. The summed E-state index contributed by atoms with van der Waals surface area (Å²) in [6.45, 7) is 6.73. The number of aromatic nitrogens is 2. The molecule has 0 fully saturated rings. The molecule has 3 aromatic rings. The van der Waals surface area contributed by atoms with Gasteiger partial charge in [0.15, 0.2) is 11.4 Å². The van der Waals surface area contributed by atoms with Crippen LogP contribution in [0.1, 0.15) is 32.8 Å². The Kier molecular flexibility index (Phi) is 3.79. The lowest BCUT2D eigenvalue weighted by Gasteiger charge is -2.15. The van der Waals surface area contributed by atoms with E-state index in [0.717, 1.165) is 35.4 Å². The van der Waals surface area contributed by atoms with E-state index in [9.17, 15) is 4.79 Å². The fourth-order valence-electron chi connectivity index (χ4n) is 3.08. The number of amides is 1. The molecular formula is C19H21N5O2. The monoisotopic (exact) mass is 351 g/mol. The zero-order valence-electron chi connectivity index (χ0n) is 15.0. The number of hydrogen-bond acceptors (Lipinski definition) is 6. The van der Waals surface area contributed by atoms with Crippen LogP contribution in [0.25, 0.3) is 11.1 Å². The molecule has 1 aliphatic rings. The molecule has 7 nitrogen and oxygen atoms in total. The molecule has 1 amide bonds. The van der Waals surface area contributed by atoms with Crippen LogP contribution in [0, 0.1) is 0 Å². The van der Waals surface area contributed by atoms with Crippen molar-refractivity contribution < 1.29 is 9.21 Å². The van der Waals surface area contributed by atoms with Crippen LogP contribution in [0.2, 0.25) is 0 Å². The summed E-state index contributed by atoms with van der Waals surface area (Å²) < 4.78 is 5.48. The second-order valence-corrected chi connectivity index (χ2v) is 6.92. The molecule has 3 heterocycles. The number of carbonyl (C=O) groups is 1. The van der Waals surface area contributed by atoms with Gasteiger partial charge >= 0.3 is 0 Å². The van der Waals surface area contributed by atoms with Crippen LogP contribution in [0.15, 0.2) is 34.9 Å². The summed E-state index contributed by atoms with van der Waals surface area (Å²) in [7, 11) is 0. The average Bonchev–Trinajstić information content (AvgIpc) is 3.16. The first-order chi connectivity index (χ1) is 12.5. The molecule has 7 heteroatoms. The van der Waals surface area contributed by atoms with Gasteiger partial charge in [-0.25, -0.2) is 4.98 Å². The van der Waals surface area contributed by atoms with Crippen LogP contribution in [0.5, 0.6) is 0 Å². The minimum Gasteiger partial charge on any atom is -0.459 e. The molecule has 1 aromatic carbocycles. The predicted octanol–water partition coefficient (Wildman–Crippen LogP) is 4.02. The largest absolute Gasteiger partial charge is 0.459 e. The molecule has 2 aromatic heterocycles. The van der Waals surface area contributed by atoms with Gasteiger partial charge in [0.2, 0.25) is 11.9 Å². The lowest BCUT2D eigenvalue weighted by atomic mass is 9.86. The Labute approximate surface area is 151 Å². The standard InChI is InChI=1S/C19H21N5O2/c1-4-8-20-16-15-13(7-9-26-15)23-18(24-16)21-11-5-6-12-14(10-11)22-17(25)19(12,2)3/h5-7,9-10H,4,8H2,1-3H3,(H,22,25)(H2,20,21,23,24). The number of fused-ring (bicyclic) bond motifs is 2. The van der Waals surface area contributed by atoms with Gasteiger partial charge in [-0.1, -0.05) is 13.0 Å². The Morgan fingerprint density at radius 1 is 1.23 bits per heavy atom. The van der Waals surface area contributed by atoms with E-state index in [-0.39, 0.29) is 5.91 Å². The van der Waals surface area contributed by atoms with E-state index in [4.69, 9.17) is 4.42 Å². The second kappa shape index (κ2) is 6.01. The molecule has 0 atom stereocenters. The summed E-state index contributed by atoms with van der Waals surface area (Å²) in [4.78, 5) is 21.1. The highest BCUT2D eigenvalue weighted by Crippen LogP contribution is 2.39. The number of hydrogen-bond donors (Lipinski definition) is 3. The van der Waals surface area contributed by atoms with E-state index < -0.39 is 5.41 Å². The number of carbonyl (C=O) groups excluding carboxylic acids is 1. The van der Waals surface area contributed by atoms with E-state index in [1.165, 1.54) is 0 Å². The maximum atomic E-state index is 12.1. The van der Waals surface area contributed by atoms with Crippen molar-refractivity contribution in [3.63, 3.8) is 0 Å². The Balaban J connectivity index is 1.66.